The smallest absolute Gasteiger partial charge is 0.0700 e. The Labute approximate surface area is 104 Å². The number of hydrogen-bond acceptors (Lipinski definition) is 4. The quantitative estimate of drug-likeness (QED) is 0.397. The van der Waals surface area contributed by atoms with Crippen molar-refractivity contribution in [3.05, 3.63) is 0 Å². The first-order chi connectivity index (χ1) is 7.91. The molecule has 5 heteroatoms. The molecule has 16 heavy (non-hydrogen) atoms. The zero-order valence-electron chi connectivity index (χ0n) is 10.2. The zero-order valence-corrected chi connectivity index (χ0v) is 10.9. The van der Waals surface area contributed by atoms with Crippen molar-refractivity contribution in [1.29, 1.82) is 0 Å². The Hall–Kier alpha value is 0.130. The van der Waals surface area contributed by atoms with E-state index in [9.17, 15) is 0 Å². The molecule has 0 atom stereocenters. The summed E-state index contributed by atoms with van der Waals surface area (Å²) in [7, 11) is 1.68. The van der Waals surface area contributed by atoms with E-state index in [4.69, 9.17) is 25.8 Å². The molecule has 0 aromatic heterocycles. The van der Waals surface area contributed by atoms with E-state index in [1.54, 1.807) is 7.11 Å². The van der Waals surface area contributed by atoms with Crippen LogP contribution in [0.25, 0.3) is 0 Å². The Bertz CT molecular complexity index is 114. The van der Waals surface area contributed by atoms with Gasteiger partial charge in [-0.1, -0.05) is 0 Å². The molecule has 0 spiro atoms. The van der Waals surface area contributed by atoms with E-state index >= 15 is 0 Å². The van der Waals surface area contributed by atoms with Gasteiger partial charge >= 0.3 is 0 Å². The number of ether oxygens (including phenoxy) is 3. The number of hydrogen-bond donors (Lipinski definition) is 1. The standard InChI is InChI=1S/C11H24ClNO3/c1-14-10-11-16-8-3-6-13-5-2-7-15-9-4-12/h13H,2-11H2,1H3. The summed E-state index contributed by atoms with van der Waals surface area (Å²) >= 11 is 5.47. The van der Waals surface area contributed by atoms with Crippen LogP contribution in [0.1, 0.15) is 12.8 Å². The van der Waals surface area contributed by atoms with E-state index in [0.717, 1.165) is 39.1 Å². The second-order valence-corrected chi connectivity index (χ2v) is 3.74. The van der Waals surface area contributed by atoms with Crippen molar-refractivity contribution in [2.45, 2.75) is 12.8 Å². The second-order valence-electron chi connectivity index (χ2n) is 3.36. The minimum atomic E-state index is 0.576. The minimum absolute atomic E-state index is 0.576. The highest BCUT2D eigenvalue weighted by Crippen LogP contribution is 1.85. The predicted octanol–water partition coefficient (Wildman–Crippen LogP) is 1.27. The molecule has 0 aliphatic rings. The van der Waals surface area contributed by atoms with E-state index in [1.165, 1.54) is 0 Å². The van der Waals surface area contributed by atoms with Gasteiger partial charge in [-0.3, -0.25) is 0 Å². The molecular formula is C11H24ClNO3. The molecule has 0 unspecified atom stereocenters. The van der Waals surface area contributed by atoms with Gasteiger partial charge in [-0.05, 0) is 25.9 Å². The number of methoxy groups -OCH3 is 1. The van der Waals surface area contributed by atoms with E-state index in [0.29, 0.717) is 25.7 Å². The first-order valence-electron chi connectivity index (χ1n) is 5.83. The molecular weight excluding hydrogens is 230 g/mol. The summed E-state index contributed by atoms with van der Waals surface area (Å²) in [6.07, 6.45) is 2.06. The summed E-state index contributed by atoms with van der Waals surface area (Å²) in [5, 5.41) is 3.33. The highest BCUT2D eigenvalue weighted by Gasteiger charge is 1.91. The average Bonchev–Trinajstić information content (AvgIpc) is 2.31. The SMILES string of the molecule is COCCOCCCNCCCOCCCl. The minimum Gasteiger partial charge on any atom is -0.382 e. The fourth-order valence-corrected chi connectivity index (χ4v) is 1.23. The number of nitrogens with one attached hydrogen (secondary N) is 1. The van der Waals surface area contributed by atoms with Crippen LogP contribution in [-0.4, -0.2) is 59.1 Å². The van der Waals surface area contributed by atoms with Gasteiger partial charge in [-0.2, -0.15) is 0 Å². The van der Waals surface area contributed by atoms with Crippen molar-refractivity contribution in [2.75, 3.05) is 59.1 Å². The molecule has 0 aromatic carbocycles. The van der Waals surface area contributed by atoms with E-state index < -0.39 is 0 Å². The van der Waals surface area contributed by atoms with E-state index in [-0.39, 0.29) is 0 Å². The molecule has 0 saturated carbocycles. The Morgan fingerprint density at radius 2 is 1.50 bits per heavy atom. The average molecular weight is 254 g/mol. The molecule has 0 amide bonds. The van der Waals surface area contributed by atoms with Crippen LogP contribution in [-0.2, 0) is 14.2 Å². The van der Waals surface area contributed by atoms with Crippen molar-refractivity contribution >= 4 is 11.6 Å². The molecule has 0 aromatic rings. The van der Waals surface area contributed by atoms with Gasteiger partial charge in [0.25, 0.3) is 0 Å². The van der Waals surface area contributed by atoms with E-state index in [2.05, 4.69) is 5.32 Å². The highest BCUT2D eigenvalue weighted by atomic mass is 35.5. The van der Waals surface area contributed by atoms with Gasteiger partial charge in [-0.25, -0.2) is 0 Å². The third-order valence-electron chi connectivity index (χ3n) is 1.94. The molecule has 0 aliphatic heterocycles. The number of alkyl halides is 1. The summed E-state index contributed by atoms with van der Waals surface area (Å²) in [6, 6.07) is 0. The van der Waals surface area contributed by atoms with Crippen molar-refractivity contribution in [2.24, 2.45) is 0 Å². The first kappa shape index (κ1) is 16.1. The van der Waals surface area contributed by atoms with Crippen LogP contribution in [0.15, 0.2) is 0 Å². The maximum atomic E-state index is 5.47. The summed E-state index contributed by atoms with van der Waals surface area (Å²) in [5.41, 5.74) is 0. The van der Waals surface area contributed by atoms with Gasteiger partial charge in [0.15, 0.2) is 0 Å². The van der Waals surface area contributed by atoms with Crippen LogP contribution < -0.4 is 5.32 Å². The summed E-state index contributed by atoms with van der Waals surface area (Å²) in [6.45, 7) is 5.55. The molecule has 1 N–H and O–H groups in total. The molecule has 0 rings (SSSR count). The third-order valence-corrected chi connectivity index (χ3v) is 2.09. The topological polar surface area (TPSA) is 39.7 Å². The van der Waals surface area contributed by atoms with Crippen LogP contribution in [0.4, 0.5) is 0 Å². The Balaban J connectivity index is 2.83. The van der Waals surface area contributed by atoms with Crippen molar-refractivity contribution in [3.8, 4) is 0 Å². The lowest BCUT2D eigenvalue weighted by molar-refractivity contribution is 0.0694. The molecule has 98 valence electrons. The fourth-order valence-electron chi connectivity index (χ4n) is 1.12. The van der Waals surface area contributed by atoms with Gasteiger partial charge in [0.2, 0.25) is 0 Å². The predicted molar refractivity (Wildman–Crippen MR) is 66.3 cm³/mol. The van der Waals surface area contributed by atoms with Gasteiger partial charge in [0.05, 0.1) is 19.8 Å². The molecule has 4 nitrogen and oxygen atoms in total. The van der Waals surface area contributed by atoms with Crippen LogP contribution in [0.2, 0.25) is 0 Å². The molecule has 0 fully saturated rings. The third kappa shape index (κ3) is 14.1. The van der Waals surface area contributed by atoms with E-state index in [1.807, 2.05) is 0 Å². The van der Waals surface area contributed by atoms with Crippen molar-refractivity contribution in [1.82, 2.24) is 5.32 Å². The van der Waals surface area contributed by atoms with Gasteiger partial charge in [0, 0.05) is 26.2 Å². The van der Waals surface area contributed by atoms with Gasteiger partial charge in [0.1, 0.15) is 0 Å². The number of rotatable bonds is 13. The summed E-state index contributed by atoms with van der Waals surface area (Å²) in [5.74, 6) is 0.576. The Morgan fingerprint density at radius 1 is 0.875 bits per heavy atom. The normalized spacial score (nSPS) is 10.9. The molecule has 0 heterocycles. The Morgan fingerprint density at radius 3 is 2.06 bits per heavy atom. The maximum Gasteiger partial charge on any atom is 0.0700 e. The van der Waals surface area contributed by atoms with Crippen molar-refractivity contribution in [3.63, 3.8) is 0 Å². The lowest BCUT2D eigenvalue weighted by Gasteiger charge is -2.06. The van der Waals surface area contributed by atoms with Crippen LogP contribution >= 0.6 is 11.6 Å². The zero-order chi connectivity index (χ0) is 11.9. The molecule has 0 radical (unpaired) electrons. The fraction of sp³-hybridized carbons (Fsp3) is 1.00. The monoisotopic (exact) mass is 253 g/mol. The van der Waals surface area contributed by atoms with Crippen LogP contribution in [0.3, 0.4) is 0 Å². The van der Waals surface area contributed by atoms with Crippen molar-refractivity contribution < 1.29 is 14.2 Å². The highest BCUT2D eigenvalue weighted by molar-refractivity contribution is 6.17. The maximum absolute atomic E-state index is 5.47. The van der Waals surface area contributed by atoms with Gasteiger partial charge in [-0.15, -0.1) is 11.6 Å². The van der Waals surface area contributed by atoms with Crippen LogP contribution in [0, 0.1) is 0 Å². The largest absolute Gasteiger partial charge is 0.382 e. The first-order valence-corrected chi connectivity index (χ1v) is 6.36. The molecule has 0 saturated heterocycles. The summed E-state index contributed by atoms with van der Waals surface area (Å²) < 4.78 is 15.4. The molecule has 0 bridgehead atoms. The van der Waals surface area contributed by atoms with Crippen LogP contribution in [0.5, 0.6) is 0 Å². The summed E-state index contributed by atoms with van der Waals surface area (Å²) in [4.78, 5) is 0. The second kappa shape index (κ2) is 15.1. The molecule has 0 aliphatic carbocycles. The lowest BCUT2D eigenvalue weighted by atomic mass is 10.4. The van der Waals surface area contributed by atoms with Gasteiger partial charge < -0.3 is 19.5 Å². The lowest BCUT2D eigenvalue weighted by Crippen LogP contribution is -2.19. The number of halogens is 1. The Kier molecular flexibility index (Phi) is 15.3.